The van der Waals surface area contributed by atoms with E-state index in [-0.39, 0.29) is 5.82 Å². The molecular formula is C15H16FNO2. The Kier molecular flexibility index (Phi) is 3.11. The van der Waals surface area contributed by atoms with Gasteiger partial charge in [0.1, 0.15) is 11.6 Å². The van der Waals surface area contributed by atoms with Crippen molar-refractivity contribution in [3.05, 3.63) is 29.6 Å². The molecule has 1 aromatic rings. The second kappa shape index (κ2) is 4.78. The van der Waals surface area contributed by atoms with Gasteiger partial charge in [-0.2, -0.15) is 4.99 Å². The van der Waals surface area contributed by atoms with Crippen molar-refractivity contribution in [2.24, 2.45) is 10.9 Å². The van der Waals surface area contributed by atoms with Gasteiger partial charge >= 0.3 is 0 Å². The Labute approximate surface area is 111 Å². The van der Waals surface area contributed by atoms with E-state index in [4.69, 9.17) is 4.74 Å². The van der Waals surface area contributed by atoms with Gasteiger partial charge in [0.2, 0.25) is 6.08 Å². The van der Waals surface area contributed by atoms with Gasteiger partial charge in [0.05, 0.1) is 12.1 Å². The van der Waals surface area contributed by atoms with Crippen molar-refractivity contribution < 1.29 is 13.9 Å². The van der Waals surface area contributed by atoms with Gasteiger partial charge in [-0.3, -0.25) is 0 Å². The van der Waals surface area contributed by atoms with Crippen molar-refractivity contribution in [3.8, 4) is 5.75 Å². The number of halogens is 1. The molecule has 0 atom stereocenters. The lowest BCUT2D eigenvalue weighted by Crippen LogP contribution is -2.19. The fourth-order valence-electron chi connectivity index (χ4n) is 2.46. The molecule has 2 aliphatic carbocycles. The Balaban J connectivity index is 1.77. The molecule has 3 nitrogen and oxygen atoms in total. The van der Waals surface area contributed by atoms with Crippen molar-refractivity contribution in [1.29, 1.82) is 0 Å². The summed E-state index contributed by atoms with van der Waals surface area (Å²) in [6.45, 7) is 0.646. The van der Waals surface area contributed by atoms with E-state index in [0.29, 0.717) is 18.3 Å². The lowest BCUT2D eigenvalue weighted by atomic mass is 9.86. The van der Waals surface area contributed by atoms with Crippen LogP contribution in [-0.4, -0.2) is 12.7 Å². The lowest BCUT2D eigenvalue weighted by Gasteiger charge is -2.25. The quantitative estimate of drug-likeness (QED) is 0.602. The number of benzene rings is 1. The van der Waals surface area contributed by atoms with Crippen LogP contribution in [0.3, 0.4) is 0 Å². The third kappa shape index (κ3) is 2.54. The molecule has 0 bridgehead atoms. The number of rotatable bonds is 5. The van der Waals surface area contributed by atoms with Crippen LogP contribution in [-0.2, 0) is 10.3 Å². The molecular weight excluding hydrogens is 245 g/mol. The summed E-state index contributed by atoms with van der Waals surface area (Å²) in [4.78, 5) is 14.3. The Morgan fingerprint density at radius 3 is 2.74 bits per heavy atom. The van der Waals surface area contributed by atoms with E-state index in [0.717, 1.165) is 18.4 Å². The number of hydrogen-bond donors (Lipinski definition) is 0. The van der Waals surface area contributed by atoms with Crippen molar-refractivity contribution in [3.63, 3.8) is 0 Å². The minimum Gasteiger partial charge on any atom is -0.493 e. The van der Waals surface area contributed by atoms with Gasteiger partial charge in [0.15, 0.2) is 0 Å². The second-order valence-electron chi connectivity index (χ2n) is 5.52. The van der Waals surface area contributed by atoms with Crippen LogP contribution in [0.25, 0.3) is 0 Å². The first-order chi connectivity index (χ1) is 9.22. The minimum absolute atomic E-state index is 0.339. The highest BCUT2D eigenvalue weighted by molar-refractivity contribution is 5.43. The fourth-order valence-corrected chi connectivity index (χ4v) is 2.46. The molecule has 19 heavy (non-hydrogen) atoms. The van der Waals surface area contributed by atoms with E-state index in [1.807, 2.05) is 0 Å². The summed E-state index contributed by atoms with van der Waals surface area (Å²) in [6, 6.07) is 4.63. The van der Waals surface area contributed by atoms with E-state index in [1.54, 1.807) is 12.1 Å². The first-order valence-corrected chi connectivity index (χ1v) is 6.75. The number of aliphatic imine (C=N–C) groups is 1. The monoisotopic (exact) mass is 261 g/mol. The molecule has 0 aliphatic heterocycles. The van der Waals surface area contributed by atoms with Crippen molar-refractivity contribution >= 4 is 6.08 Å². The highest BCUT2D eigenvalue weighted by Crippen LogP contribution is 2.50. The normalized spacial score (nSPS) is 20.3. The van der Waals surface area contributed by atoms with Crippen molar-refractivity contribution in [2.45, 2.75) is 37.6 Å². The van der Waals surface area contributed by atoms with Crippen molar-refractivity contribution in [1.82, 2.24) is 0 Å². The number of carbonyl (C=O) groups excluding carboxylic acids is 1. The summed E-state index contributed by atoms with van der Waals surface area (Å²) in [5.41, 5.74) is 0.178. The van der Waals surface area contributed by atoms with E-state index in [9.17, 15) is 9.18 Å². The highest BCUT2D eigenvalue weighted by Gasteiger charge is 2.45. The third-order valence-electron chi connectivity index (χ3n) is 4.10. The van der Waals surface area contributed by atoms with Gasteiger partial charge in [-0.25, -0.2) is 9.18 Å². The van der Waals surface area contributed by atoms with Crippen LogP contribution < -0.4 is 4.74 Å². The predicted molar refractivity (Wildman–Crippen MR) is 68.3 cm³/mol. The largest absolute Gasteiger partial charge is 0.493 e. The van der Waals surface area contributed by atoms with E-state index < -0.39 is 5.54 Å². The topological polar surface area (TPSA) is 38.7 Å². The highest BCUT2D eigenvalue weighted by atomic mass is 19.1. The number of ether oxygens (including phenoxy) is 1. The Morgan fingerprint density at radius 2 is 2.16 bits per heavy atom. The Hall–Kier alpha value is -1.67. The lowest BCUT2D eigenvalue weighted by molar-refractivity contribution is 0.180. The zero-order valence-electron chi connectivity index (χ0n) is 10.7. The standard InChI is InChI=1S/C15H16FNO2/c16-13-6-12(15(4-5-15)17-10-18)7-14(8-13)19-9-11-2-1-3-11/h6-8,11H,1-5,9H2. The maximum absolute atomic E-state index is 13.6. The summed E-state index contributed by atoms with van der Waals surface area (Å²) in [5.74, 6) is 0.803. The summed E-state index contributed by atoms with van der Waals surface area (Å²) >= 11 is 0. The molecule has 0 aromatic heterocycles. The molecule has 4 heteroatoms. The molecule has 3 rings (SSSR count). The zero-order chi connectivity index (χ0) is 13.3. The van der Waals surface area contributed by atoms with Gasteiger partial charge in [-0.1, -0.05) is 6.42 Å². The molecule has 0 unspecified atom stereocenters. The summed E-state index contributed by atoms with van der Waals surface area (Å²) in [7, 11) is 0. The zero-order valence-corrected chi connectivity index (χ0v) is 10.7. The predicted octanol–water partition coefficient (Wildman–Crippen LogP) is 3.33. The van der Waals surface area contributed by atoms with Gasteiger partial charge in [-0.15, -0.1) is 0 Å². The second-order valence-corrected chi connectivity index (χ2v) is 5.52. The van der Waals surface area contributed by atoms with E-state index >= 15 is 0 Å². The minimum atomic E-state index is -0.543. The van der Waals surface area contributed by atoms with Crippen LogP contribution in [0.5, 0.6) is 5.75 Å². The first-order valence-electron chi connectivity index (χ1n) is 6.75. The van der Waals surface area contributed by atoms with Crippen molar-refractivity contribution in [2.75, 3.05) is 6.61 Å². The maximum atomic E-state index is 13.6. The van der Waals surface area contributed by atoms with Gasteiger partial charge in [0.25, 0.3) is 0 Å². The summed E-state index contributed by atoms with van der Waals surface area (Å²) in [5, 5.41) is 0. The van der Waals surface area contributed by atoms with Gasteiger partial charge in [-0.05, 0) is 49.3 Å². The molecule has 2 saturated carbocycles. The molecule has 0 N–H and O–H groups in total. The first kappa shape index (κ1) is 12.4. The smallest absolute Gasteiger partial charge is 0.235 e. The number of nitrogens with zero attached hydrogens (tertiary/aromatic N) is 1. The number of hydrogen-bond acceptors (Lipinski definition) is 3. The van der Waals surface area contributed by atoms with Crippen LogP contribution in [0.2, 0.25) is 0 Å². The fraction of sp³-hybridized carbons (Fsp3) is 0.533. The SMILES string of the molecule is O=C=NC1(c2cc(F)cc(OCC3CCC3)c2)CC1. The molecule has 2 fully saturated rings. The van der Waals surface area contributed by atoms with Gasteiger partial charge < -0.3 is 4.74 Å². The van der Waals surface area contributed by atoms with E-state index in [2.05, 4.69) is 4.99 Å². The van der Waals surface area contributed by atoms with Crippen LogP contribution in [0.15, 0.2) is 23.2 Å². The molecule has 0 radical (unpaired) electrons. The van der Waals surface area contributed by atoms with Crippen LogP contribution in [0.1, 0.15) is 37.7 Å². The molecule has 2 aliphatic rings. The number of isocyanates is 1. The van der Waals surface area contributed by atoms with E-state index in [1.165, 1.54) is 31.4 Å². The van der Waals surface area contributed by atoms with Crippen LogP contribution in [0, 0.1) is 11.7 Å². The molecule has 0 spiro atoms. The average molecular weight is 261 g/mol. The Morgan fingerprint density at radius 1 is 1.37 bits per heavy atom. The van der Waals surface area contributed by atoms with Crippen LogP contribution >= 0.6 is 0 Å². The molecule has 100 valence electrons. The molecule has 0 amide bonds. The molecule has 0 heterocycles. The molecule has 0 saturated heterocycles. The Bertz CT molecular complexity index is 529. The average Bonchev–Trinajstić information content (AvgIpc) is 3.08. The van der Waals surface area contributed by atoms with Gasteiger partial charge in [0, 0.05) is 6.07 Å². The molecule has 1 aromatic carbocycles. The maximum Gasteiger partial charge on any atom is 0.235 e. The summed E-state index contributed by atoms with van der Waals surface area (Å²) < 4.78 is 19.3. The summed E-state index contributed by atoms with van der Waals surface area (Å²) in [6.07, 6.45) is 6.79. The third-order valence-corrected chi connectivity index (χ3v) is 4.10. The van der Waals surface area contributed by atoms with Crippen LogP contribution in [0.4, 0.5) is 4.39 Å².